The van der Waals surface area contributed by atoms with Crippen molar-refractivity contribution in [3.63, 3.8) is 0 Å². The highest BCUT2D eigenvalue weighted by atomic mass is 32.2. The van der Waals surface area contributed by atoms with Gasteiger partial charge in [0.05, 0.1) is 17.4 Å². The van der Waals surface area contributed by atoms with Crippen LogP contribution in [-0.4, -0.2) is 25.5 Å². The first-order valence-electron chi connectivity index (χ1n) is 6.60. The third-order valence-electron chi connectivity index (χ3n) is 2.91. The topological polar surface area (TPSA) is 107 Å². The lowest BCUT2D eigenvalue weighted by Gasteiger charge is -2.14. The number of unbranched alkanes of at least 4 members (excludes halogenated alkanes) is 1. The summed E-state index contributed by atoms with van der Waals surface area (Å²) in [6, 6.07) is 6.97. The molecule has 0 aliphatic heterocycles. The summed E-state index contributed by atoms with van der Waals surface area (Å²) in [4.78, 5) is 11.1. The molecule has 1 aromatic carbocycles. The van der Waals surface area contributed by atoms with Gasteiger partial charge in [0.1, 0.15) is 6.04 Å². The number of carbonyl (C=O) groups is 1. The van der Waals surface area contributed by atoms with Crippen LogP contribution in [0.1, 0.15) is 37.3 Å². The van der Waals surface area contributed by atoms with Gasteiger partial charge in [-0.2, -0.15) is 5.26 Å². The van der Waals surface area contributed by atoms with Gasteiger partial charge in [-0.15, -0.1) is 0 Å². The number of sulfonamides is 1. The predicted molar refractivity (Wildman–Crippen MR) is 77.9 cm³/mol. The number of nitrogens with one attached hydrogen (secondary N) is 1. The van der Waals surface area contributed by atoms with E-state index in [0.717, 1.165) is 6.42 Å². The van der Waals surface area contributed by atoms with E-state index in [1.807, 2.05) is 13.0 Å². The molecule has 0 heterocycles. The van der Waals surface area contributed by atoms with Crippen molar-refractivity contribution in [1.29, 1.82) is 5.26 Å². The van der Waals surface area contributed by atoms with E-state index < -0.39 is 22.0 Å². The molecule has 1 rings (SSSR count). The van der Waals surface area contributed by atoms with E-state index in [0.29, 0.717) is 17.5 Å². The first kappa shape index (κ1) is 17.1. The number of aliphatic carboxylic acids is 1. The minimum atomic E-state index is -3.74. The summed E-state index contributed by atoms with van der Waals surface area (Å²) in [5, 5.41) is 17.7. The Morgan fingerprint density at radius 1 is 1.38 bits per heavy atom. The molecule has 0 aliphatic carbocycles. The first-order chi connectivity index (χ1) is 9.88. The predicted octanol–water partition coefficient (Wildman–Crippen LogP) is 1.62. The zero-order valence-corrected chi connectivity index (χ0v) is 12.6. The number of hydrogen-bond acceptors (Lipinski definition) is 4. The van der Waals surface area contributed by atoms with Crippen LogP contribution in [-0.2, 0) is 20.6 Å². The third kappa shape index (κ3) is 5.94. The number of nitriles is 1. The van der Waals surface area contributed by atoms with Gasteiger partial charge in [0.15, 0.2) is 0 Å². The van der Waals surface area contributed by atoms with Gasteiger partial charge in [-0.3, -0.25) is 4.79 Å². The fraction of sp³-hybridized carbons (Fsp3) is 0.429. The minimum absolute atomic E-state index is 0.262. The molecule has 0 bridgehead atoms. The largest absolute Gasteiger partial charge is 0.480 e. The van der Waals surface area contributed by atoms with Crippen LogP contribution in [0.5, 0.6) is 0 Å². The fourth-order valence-electron chi connectivity index (χ4n) is 1.79. The molecule has 0 amide bonds. The summed E-state index contributed by atoms with van der Waals surface area (Å²) in [6.07, 6.45) is 1.69. The van der Waals surface area contributed by atoms with Crippen LogP contribution in [0.3, 0.4) is 0 Å². The number of benzene rings is 1. The lowest BCUT2D eigenvalue weighted by atomic mass is 10.1. The molecule has 0 saturated heterocycles. The fourth-order valence-corrected chi connectivity index (χ4v) is 3.16. The zero-order chi connectivity index (χ0) is 15.9. The number of nitrogens with zero attached hydrogens (tertiary/aromatic N) is 1. The third-order valence-corrected chi connectivity index (χ3v) is 4.26. The van der Waals surface area contributed by atoms with Gasteiger partial charge in [0, 0.05) is 0 Å². The molecule has 0 aliphatic rings. The summed E-state index contributed by atoms with van der Waals surface area (Å²) < 4.78 is 26.2. The molecule has 7 heteroatoms. The second-order valence-corrected chi connectivity index (χ2v) is 6.47. The monoisotopic (exact) mass is 310 g/mol. The lowest BCUT2D eigenvalue weighted by molar-refractivity contribution is -0.139. The number of hydrogen-bond donors (Lipinski definition) is 2. The molecular formula is C14H18N2O4S. The van der Waals surface area contributed by atoms with E-state index in [9.17, 15) is 13.2 Å². The molecule has 1 atom stereocenters. The maximum Gasteiger partial charge on any atom is 0.321 e. The van der Waals surface area contributed by atoms with Crippen LogP contribution >= 0.6 is 0 Å². The first-order valence-corrected chi connectivity index (χ1v) is 8.25. The van der Waals surface area contributed by atoms with Gasteiger partial charge in [0.2, 0.25) is 10.0 Å². The van der Waals surface area contributed by atoms with Crippen LogP contribution in [0.15, 0.2) is 24.3 Å². The van der Waals surface area contributed by atoms with Gasteiger partial charge < -0.3 is 5.11 Å². The Bertz CT molecular complexity index is 617. The Balaban J connectivity index is 2.75. The molecule has 0 saturated carbocycles. The van der Waals surface area contributed by atoms with Crippen LogP contribution in [0, 0.1) is 11.3 Å². The maximum atomic E-state index is 12.0. The standard InChI is InChI=1S/C14H18N2O4S/c1-2-3-4-13(14(17)18)16-21(19,20)10-12-7-5-11(9-15)6-8-12/h5-8,13,16H,2-4,10H2,1H3,(H,17,18). The molecule has 0 aromatic heterocycles. The van der Waals surface area contributed by atoms with Crippen molar-refractivity contribution in [3.8, 4) is 6.07 Å². The van der Waals surface area contributed by atoms with Gasteiger partial charge >= 0.3 is 5.97 Å². The molecule has 114 valence electrons. The molecule has 0 fully saturated rings. The lowest BCUT2D eigenvalue weighted by Crippen LogP contribution is -2.41. The molecule has 6 nitrogen and oxygen atoms in total. The average molecular weight is 310 g/mol. The van der Waals surface area contributed by atoms with Gasteiger partial charge in [-0.25, -0.2) is 13.1 Å². The van der Waals surface area contributed by atoms with E-state index in [4.69, 9.17) is 10.4 Å². The molecular weight excluding hydrogens is 292 g/mol. The van der Waals surface area contributed by atoms with Crippen LogP contribution in [0.2, 0.25) is 0 Å². The van der Waals surface area contributed by atoms with Crippen LogP contribution in [0.25, 0.3) is 0 Å². The minimum Gasteiger partial charge on any atom is -0.480 e. The van der Waals surface area contributed by atoms with Crippen LogP contribution in [0.4, 0.5) is 0 Å². The van der Waals surface area contributed by atoms with E-state index in [1.165, 1.54) is 12.1 Å². The Hall–Kier alpha value is -1.91. The Labute approximate surface area is 124 Å². The van der Waals surface area contributed by atoms with Crippen LogP contribution < -0.4 is 4.72 Å². The van der Waals surface area contributed by atoms with E-state index >= 15 is 0 Å². The van der Waals surface area contributed by atoms with Gasteiger partial charge in [0.25, 0.3) is 0 Å². The Morgan fingerprint density at radius 2 is 2.00 bits per heavy atom. The summed E-state index contributed by atoms with van der Waals surface area (Å²) in [7, 11) is -3.74. The number of rotatable bonds is 8. The van der Waals surface area contributed by atoms with E-state index in [-0.39, 0.29) is 12.2 Å². The molecule has 0 spiro atoms. The highest BCUT2D eigenvalue weighted by Gasteiger charge is 2.23. The highest BCUT2D eigenvalue weighted by Crippen LogP contribution is 2.09. The quantitative estimate of drug-likeness (QED) is 0.758. The molecule has 21 heavy (non-hydrogen) atoms. The van der Waals surface area contributed by atoms with Crippen molar-refractivity contribution < 1.29 is 18.3 Å². The summed E-state index contributed by atoms with van der Waals surface area (Å²) in [5.74, 6) is -1.49. The highest BCUT2D eigenvalue weighted by molar-refractivity contribution is 7.88. The second kappa shape index (κ2) is 7.76. The number of carboxylic acid groups (broad SMARTS) is 1. The average Bonchev–Trinajstić information content (AvgIpc) is 2.43. The smallest absolute Gasteiger partial charge is 0.321 e. The second-order valence-electron chi connectivity index (χ2n) is 4.72. The SMILES string of the molecule is CCCCC(NS(=O)(=O)Cc1ccc(C#N)cc1)C(=O)O. The molecule has 1 aromatic rings. The Morgan fingerprint density at radius 3 is 2.48 bits per heavy atom. The maximum absolute atomic E-state index is 12.0. The molecule has 2 N–H and O–H groups in total. The van der Waals surface area contributed by atoms with E-state index in [2.05, 4.69) is 4.72 Å². The molecule has 1 unspecified atom stereocenters. The Kier molecular flexibility index (Phi) is 6.34. The summed E-state index contributed by atoms with van der Waals surface area (Å²) in [6.45, 7) is 1.91. The van der Waals surface area contributed by atoms with Crippen molar-refractivity contribution in [3.05, 3.63) is 35.4 Å². The normalized spacial score (nSPS) is 12.6. The van der Waals surface area contributed by atoms with Crippen molar-refractivity contribution >= 4 is 16.0 Å². The summed E-state index contributed by atoms with van der Waals surface area (Å²) in [5.41, 5.74) is 0.941. The summed E-state index contributed by atoms with van der Waals surface area (Å²) >= 11 is 0. The molecule has 0 radical (unpaired) electrons. The van der Waals surface area contributed by atoms with Crippen molar-refractivity contribution in [2.24, 2.45) is 0 Å². The zero-order valence-electron chi connectivity index (χ0n) is 11.7. The van der Waals surface area contributed by atoms with Crippen molar-refractivity contribution in [2.75, 3.05) is 0 Å². The van der Waals surface area contributed by atoms with Gasteiger partial charge in [-0.05, 0) is 24.1 Å². The van der Waals surface area contributed by atoms with Gasteiger partial charge in [-0.1, -0.05) is 31.9 Å². The van der Waals surface area contributed by atoms with E-state index in [1.54, 1.807) is 12.1 Å². The van der Waals surface area contributed by atoms with Crippen molar-refractivity contribution in [2.45, 2.75) is 38.0 Å². The number of carboxylic acids is 1. The van der Waals surface area contributed by atoms with Crippen molar-refractivity contribution in [1.82, 2.24) is 4.72 Å².